The van der Waals surface area contributed by atoms with Gasteiger partial charge in [0, 0.05) is 6.92 Å². The van der Waals surface area contributed by atoms with E-state index in [1.54, 1.807) is 0 Å². The number of carboxylic acid groups (broad SMARTS) is 1. The van der Waals surface area contributed by atoms with Gasteiger partial charge in [-0.2, -0.15) is 8.42 Å². The van der Waals surface area contributed by atoms with E-state index in [9.17, 15) is 38.4 Å². The van der Waals surface area contributed by atoms with Crippen LogP contribution in [-0.2, 0) is 38.4 Å². The summed E-state index contributed by atoms with van der Waals surface area (Å²) < 4.78 is 49.9. The summed E-state index contributed by atoms with van der Waals surface area (Å²) >= 11 is 0. The lowest BCUT2D eigenvalue weighted by Crippen LogP contribution is -2.66. The van der Waals surface area contributed by atoms with Gasteiger partial charge in [-0.05, 0) is 6.08 Å². The second-order valence-corrected chi connectivity index (χ2v) is 7.49. The van der Waals surface area contributed by atoms with Gasteiger partial charge in [0.05, 0.1) is 6.61 Å². The maximum atomic E-state index is 11.3. The van der Waals surface area contributed by atoms with E-state index in [-0.39, 0.29) is 0 Å². The fraction of sp³-hybridized carbons (Fsp3) is 0.714. The third kappa shape index (κ3) is 6.06. The fourth-order valence-corrected chi connectivity index (χ4v) is 3.12. The summed E-state index contributed by atoms with van der Waals surface area (Å²) in [5, 5.41) is 51.5. The van der Waals surface area contributed by atoms with Crippen LogP contribution in [-0.4, -0.2) is 106 Å². The monoisotopic (exact) mass is 459 g/mol. The second kappa shape index (κ2) is 9.50. The van der Waals surface area contributed by atoms with Crippen molar-refractivity contribution in [2.45, 2.75) is 56.1 Å². The molecule has 0 spiro atoms. The van der Waals surface area contributed by atoms with Gasteiger partial charge < -0.3 is 45.1 Å². The van der Waals surface area contributed by atoms with Gasteiger partial charge in [0.15, 0.2) is 6.29 Å². The van der Waals surface area contributed by atoms with E-state index in [2.05, 4.69) is 9.50 Å². The van der Waals surface area contributed by atoms with Gasteiger partial charge in [-0.15, -0.1) is 0 Å². The molecule has 2 aliphatic heterocycles. The Hall–Kier alpha value is -1.89. The summed E-state index contributed by atoms with van der Waals surface area (Å²) in [7, 11) is -4.96. The number of hydrogen-bond acceptors (Lipinski definition) is 12. The zero-order valence-electron chi connectivity index (χ0n) is 15.3. The molecule has 16 heteroatoms. The van der Waals surface area contributed by atoms with Gasteiger partial charge in [-0.1, -0.05) is 0 Å². The highest BCUT2D eigenvalue weighted by molar-refractivity contribution is 7.80. The Kier molecular flexibility index (Phi) is 7.72. The summed E-state index contributed by atoms with van der Waals surface area (Å²) in [5.41, 5.74) is 0. The fourth-order valence-electron chi connectivity index (χ4n) is 2.81. The highest BCUT2D eigenvalue weighted by Crippen LogP contribution is 2.28. The van der Waals surface area contributed by atoms with Crippen molar-refractivity contribution >= 4 is 22.3 Å². The van der Waals surface area contributed by atoms with Crippen LogP contribution in [0.25, 0.3) is 0 Å². The molecule has 1 amide bonds. The van der Waals surface area contributed by atoms with E-state index in [0.717, 1.165) is 6.92 Å². The predicted molar refractivity (Wildman–Crippen MR) is 89.5 cm³/mol. The molecular formula is C14H21NO14S. The maximum Gasteiger partial charge on any atom is 0.397 e. The minimum absolute atomic E-state index is 0.687. The molecule has 1 fully saturated rings. The van der Waals surface area contributed by atoms with Crippen molar-refractivity contribution in [3.63, 3.8) is 0 Å². The molecule has 30 heavy (non-hydrogen) atoms. The molecule has 0 bridgehead atoms. The molecule has 0 radical (unpaired) electrons. The van der Waals surface area contributed by atoms with E-state index in [0.29, 0.717) is 6.08 Å². The smallest absolute Gasteiger partial charge is 0.397 e. The molecule has 0 aliphatic carbocycles. The zero-order valence-corrected chi connectivity index (χ0v) is 16.1. The van der Waals surface area contributed by atoms with Crippen LogP contribution < -0.4 is 5.32 Å². The summed E-state index contributed by atoms with van der Waals surface area (Å²) in [6, 6.07) is -1.49. The average molecular weight is 459 g/mol. The number of ether oxygens (including phenoxy) is 3. The van der Waals surface area contributed by atoms with Crippen molar-refractivity contribution in [1.29, 1.82) is 0 Å². The quantitative estimate of drug-likeness (QED) is 0.179. The van der Waals surface area contributed by atoms with Gasteiger partial charge in [-0.25, -0.2) is 8.98 Å². The van der Waals surface area contributed by atoms with Gasteiger partial charge in [0.1, 0.15) is 36.6 Å². The number of rotatable bonds is 7. The predicted octanol–water partition coefficient (Wildman–Crippen LogP) is -4.18. The van der Waals surface area contributed by atoms with Crippen molar-refractivity contribution in [1.82, 2.24) is 5.32 Å². The van der Waals surface area contributed by atoms with E-state index < -0.39 is 83.8 Å². The Morgan fingerprint density at radius 3 is 2.37 bits per heavy atom. The molecule has 7 N–H and O–H groups in total. The lowest BCUT2D eigenvalue weighted by atomic mass is 9.96. The Labute approximate surface area is 169 Å². The number of aliphatic hydroxyl groups excluding tert-OH is 4. The summed E-state index contributed by atoms with van der Waals surface area (Å²) in [6.07, 6.45) is -11.8. The molecule has 1 saturated heterocycles. The minimum atomic E-state index is -4.96. The third-order valence-corrected chi connectivity index (χ3v) is 4.57. The van der Waals surface area contributed by atoms with Crippen LogP contribution in [0.3, 0.4) is 0 Å². The molecule has 172 valence electrons. The highest BCUT2D eigenvalue weighted by atomic mass is 32.3. The van der Waals surface area contributed by atoms with E-state index in [1.165, 1.54) is 0 Å². The van der Waals surface area contributed by atoms with Crippen LogP contribution in [0.1, 0.15) is 6.92 Å². The zero-order chi connectivity index (χ0) is 22.8. The minimum Gasteiger partial charge on any atom is -0.475 e. The summed E-state index contributed by atoms with van der Waals surface area (Å²) in [4.78, 5) is 22.4. The third-order valence-electron chi connectivity index (χ3n) is 4.14. The Morgan fingerprint density at radius 1 is 1.20 bits per heavy atom. The van der Waals surface area contributed by atoms with E-state index in [1.807, 2.05) is 0 Å². The molecule has 2 aliphatic rings. The Bertz CT molecular complexity index is 784. The largest absolute Gasteiger partial charge is 0.475 e. The van der Waals surface area contributed by atoms with Crippen molar-refractivity contribution in [3.05, 3.63) is 11.8 Å². The van der Waals surface area contributed by atoms with Crippen molar-refractivity contribution < 1.29 is 66.5 Å². The molecule has 15 nitrogen and oxygen atoms in total. The maximum absolute atomic E-state index is 11.3. The molecule has 8 atom stereocenters. The molecule has 2 rings (SSSR count). The Morgan fingerprint density at radius 2 is 1.83 bits per heavy atom. The summed E-state index contributed by atoms with van der Waals surface area (Å²) in [5.74, 6) is -3.07. The number of aliphatic carboxylic acids is 1. The van der Waals surface area contributed by atoms with Crippen LogP contribution in [0.2, 0.25) is 0 Å². The highest BCUT2D eigenvalue weighted by Gasteiger charge is 2.49. The number of nitrogens with one attached hydrogen (secondary N) is 1. The van der Waals surface area contributed by atoms with Crippen LogP contribution in [0, 0.1) is 0 Å². The molecular weight excluding hydrogens is 438 g/mol. The van der Waals surface area contributed by atoms with Gasteiger partial charge in [-0.3, -0.25) is 9.35 Å². The number of amides is 1. The van der Waals surface area contributed by atoms with E-state index in [4.69, 9.17) is 23.9 Å². The molecule has 0 aromatic carbocycles. The van der Waals surface area contributed by atoms with Gasteiger partial charge >= 0.3 is 16.4 Å². The SMILES string of the molecule is CC(=O)N[C@H]1C(O)O[C@H](COS(=O)(=O)O)[C@@H](O[C@H]2OC(C(=O)O)=C[C@@H](O)[C@@H]2O)[C@@H]1O. The lowest BCUT2D eigenvalue weighted by molar-refractivity contribution is -0.306. The molecule has 2 heterocycles. The number of carboxylic acids is 1. The summed E-state index contributed by atoms with van der Waals surface area (Å²) in [6.45, 7) is 0.0779. The number of hydrogen-bond donors (Lipinski definition) is 7. The number of carbonyl (C=O) groups is 2. The topological polar surface area (TPSA) is 239 Å². The van der Waals surface area contributed by atoms with Crippen LogP contribution in [0.15, 0.2) is 11.8 Å². The first-order valence-electron chi connectivity index (χ1n) is 8.34. The van der Waals surface area contributed by atoms with Crippen LogP contribution in [0.4, 0.5) is 0 Å². The normalized spacial score (nSPS) is 37.1. The van der Waals surface area contributed by atoms with Crippen LogP contribution in [0.5, 0.6) is 0 Å². The van der Waals surface area contributed by atoms with Crippen molar-refractivity contribution in [2.24, 2.45) is 0 Å². The first-order chi connectivity index (χ1) is 13.8. The van der Waals surface area contributed by atoms with Gasteiger partial charge in [0.25, 0.3) is 0 Å². The first kappa shape index (κ1) is 24.4. The average Bonchev–Trinajstić information content (AvgIpc) is 2.61. The second-order valence-electron chi connectivity index (χ2n) is 6.40. The lowest BCUT2D eigenvalue weighted by Gasteiger charge is -2.44. The molecule has 0 aromatic rings. The van der Waals surface area contributed by atoms with E-state index >= 15 is 0 Å². The number of aliphatic hydroxyl groups is 4. The van der Waals surface area contributed by atoms with Gasteiger partial charge in [0.2, 0.25) is 18.0 Å². The first-order valence-corrected chi connectivity index (χ1v) is 9.70. The molecule has 1 unspecified atom stereocenters. The van der Waals surface area contributed by atoms with Crippen molar-refractivity contribution in [3.8, 4) is 0 Å². The van der Waals surface area contributed by atoms with Crippen LogP contribution >= 0.6 is 0 Å². The van der Waals surface area contributed by atoms with Crippen molar-refractivity contribution in [2.75, 3.05) is 6.61 Å². The Balaban J connectivity index is 2.27. The molecule has 0 saturated carbocycles. The standard InChI is InChI=1S/C14H21NO14S/c1-4(16)15-8-10(19)11(7(27-13(8)22)3-26-30(23,24)25)29-14-9(18)5(17)2-6(28-14)12(20)21/h2,5,7-11,13-14,17-19,22H,3H2,1H3,(H,15,16)(H,20,21)(H,23,24,25)/t5-,7-,8-,9+,10-,11-,13?,14-/m1/s1. The molecule has 0 aromatic heterocycles. The number of carbonyl (C=O) groups excluding carboxylic acids is 1.